The first kappa shape index (κ1) is 13.7. The Morgan fingerprint density at radius 3 is 2.64 bits per heavy atom. The van der Waals surface area contributed by atoms with Crippen molar-refractivity contribution in [2.45, 2.75) is 13.3 Å². The summed E-state index contributed by atoms with van der Waals surface area (Å²) in [6.07, 6.45) is 1.06. The van der Waals surface area contributed by atoms with Gasteiger partial charge in [0.2, 0.25) is 5.91 Å². The average molecular weight is 222 g/mol. The summed E-state index contributed by atoms with van der Waals surface area (Å²) in [5.74, 6) is 0.0697. The maximum Gasteiger partial charge on any atom is 0.216 e. The minimum absolute atomic E-state index is 0. The van der Waals surface area contributed by atoms with E-state index in [2.05, 4.69) is 15.5 Å². The normalized spacial score (nSPS) is 17.2. The van der Waals surface area contributed by atoms with Crippen LogP contribution in [0.3, 0.4) is 0 Å². The Labute approximate surface area is 91.8 Å². The van der Waals surface area contributed by atoms with E-state index in [0.29, 0.717) is 0 Å². The highest BCUT2D eigenvalue weighted by Gasteiger charge is 2.07. The quantitative estimate of drug-likeness (QED) is 0.649. The highest BCUT2D eigenvalue weighted by atomic mass is 35.5. The molecule has 0 aromatic carbocycles. The minimum Gasteiger partial charge on any atom is -0.356 e. The molecular formula is C9H20ClN3O. The van der Waals surface area contributed by atoms with E-state index in [1.807, 2.05) is 0 Å². The van der Waals surface area contributed by atoms with Crippen molar-refractivity contribution in [2.24, 2.45) is 0 Å². The van der Waals surface area contributed by atoms with Gasteiger partial charge in [0.15, 0.2) is 0 Å². The fourth-order valence-electron chi connectivity index (χ4n) is 1.50. The second-order valence-electron chi connectivity index (χ2n) is 3.43. The molecule has 0 aliphatic carbocycles. The van der Waals surface area contributed by atoms with Gasteiger partial charge in [-0.1, -0.05) is 0 Å². The number of nitrogens with zero attached hydrogens (tertiary/aromatic N) is 1. The number of amides is 1. The monoisotopic (exact) mass is 221 g/mol. The summed E-state index contributed by atoms with van der Waals surface area (Å²) >= 11 is 0. The average Bonchev–Trinajstić information content (AvgIpc) is 2.14. The summed E-state index contributed by atoms with van der Waals surface area (Å²) in [4.78, 5) is 13.0. The van der Waals surface area contributed by atoms with Crippen LogP contribution in [0.4, 0.5) is 0 Å². The fraction of sp³-hybridized carbons (Fsp3) is 0.889. The summed E-state index contributed by atoms with van der Waals surface area (Å²) < 4.78 is 0. The Morgan fingerprint density at radius 2 is 2.07 bits per heavy atom. The number of hydrogen-bond donors (Lipinski definition) is 2. The van der Waals surface area contributed by atoms with E-state index in [1.54, 1.807) is 6.92 Å². The number of halogens is 1. The van der Waals surface area contributed by atoms with E-state index >= 15 is 0 Å². The maximum atomic E-state index is 10.6. The molecule has 84 valence electrons. The van der Waals surface area contributed by atoms with Crippen molar-refractivity contribution < 1.29 is 4.79 Å². The van der Waals surface area contributed by atoms with Crippen molar-refractivity contribution in [2.75, 3.05) is 39.3 Å². The Bertz CT molecular complexity index is 160. The summed E-state index contributed by atoms with van der Waals surface area (Å²) in [5, 5.41) is 6.12. The first-order valence-electron chi connectivity index (χ1n) is 4.96. The van der Waals surface area contributed by atoms with Crippen LogP contribution in [0.2, 0.25) is 0 Å². The lowest BCUT2D eigenvalue weighted by molar-refractivity contribution is -0.118. The zero-order valence-electron chi connectivity index (χ0n) is 8.71. The smallest absolute Gasteiger partial charge is 0.216 e. The van der Waals surface area contributed by atoms with Crippen LogP contribution in [0.5, 0.6) is 0 Å². The van der Waals surface area contributed by atoms with Crippen LogP contribution in [0.25, 0.3) is 0 Å². The van der Waals surface area contributed by atoms with Gasteiger partial charge in [-0.25, -0.2) is 0 Å². The third-order valence-electron chi connectivity index (χ3n) is 2.23. The SMILES string of the molecule is CC(=O)NCCCN1CCNCC1.Cl. The first-order valence-corrected chi connectivity index (χ1v) is 4.96. The molecule has 0 aromatic heterocycles. The van der Waals surface area contributed by atoms with Gasteiger partial charge >= 0.3 is 0 Å². The molecule has 14 heavy (non-hydrogen) atoms. The van der Waals surface area contributed by atoms with E-state index in [1.165, 1.54) is 0 Å². The van der Waals surface area contributed by atoms with Gasteiger partial charge in [-0.3, -0.25) is 4.79 Å². The number of carbonyl (C=O) groups excluding carboxylic acids is 1. The fourth-order valence-corrected chi connectivity index (χ4v) is 1.50. The van der Waals surface area contributed by atoms with Crippen LogP contribution in [-0.4, -0.2) is 50.1 Å². The van der Waals surface area contributed by atoms with Crippen molar-refractivity contribution >= 4 is 18.3 Å². The molecule has 1 fully saturated rings. The Kier molecular flexibility index (Phi) is 7.84. The molecule has 0 radical (unpaired) electrons. The molecule has 2 N–H and O–H groups in total. The Balaban J connectivity index is 0.00000169. The maximum absolute atomic E-state index is 10.6. The highest BCUT2D eigenvalue weighted by Crippen LogP contribution is 1.93. The molecule has 1 rings (SSSR count). The van der Waals surface area contributed by atoms with Gasteiger partial charge in [0.25, 0.3) is 0 Å². The van der Waals surface area contributed by atoms with Crippen molar-refractivity contribution in [3.8, 4) is 0 Å². The van der Waals surface area contributed by atoms with Gasteiger partial charge in [0.1, 0.15) is 0 Å². The van der Waals surface area contributed by atoms with Gasteiger partial charge in [-0.05, 0) is 13.0 Å². The molecule has 0 bridgehead atoms. The molecule has 1 heterocycles. The van der Waals surface area contributed by atoms with Crippen LogP contribution >= 0.6 is 12.4 Å². The van der Waals surface area contributed by atoms with Crippen LogP contribution < -0.4 is 10.6 Å². The molecule has 4 nitrogen and oxygen atoms in total. The van der Waals surface area contributed by atoms with Gasteiger partial charge in [-0.15, -0.1) is 12.4 Å². The van der Waals surface area contributed by atoms with E-state index < -0.39 is 0 Å². The van der Waals surface area contributed by atoms with Gasteiger partial charge < -0.3 is 15.5 Å². The second-order valence-corrected chi connectivity index (χ2v) is 3.43. The van der Waals surface area contributed by atoms with E-state index in [-0.39, 0.29) is 18.3 Å². The van der Waals surface area contributed by atoms with Crippen molar-refractivity contribution in [1.82, 2.24) is 15.5 Å². The lowest BCUT2D eigenvalue weighted by Gasteiger charge is -2.26. The standard InChI is InChI=1S/C9H19N3O.ClH/c1-9(13)11-3-2-6-12-7-4-10-5-8-12;/h10H,2-8H2,1H3,(H,11,13);1H. The topological polar surface area (TPSA) is 44.4 Å². The van der Waals surface area contributed by atoms with Crippen LogP contribution in [0.15, 0.2) is 0 Å². The van der Waals surface area contributed by atoms with Gasteiger partial charge in [0, 0.05) is 39.6 Å². The van der Waals surface area contributed by atoms with E-state index in [4.69, 9.17) is 0 Å². The highest BCUT2D eigenvalue weighted by molar-refractivity contribution is 5.85. The molecule has 1 amide bonds. The van der Waals surface area contributed by atoms with Gasteiger partial charge in [-0.2, -0.15) is 0 Å². The zero-order valence-corrected chi connectivity index (χ0v) is 9.53. The number of rotatable bonds is 4. The molecule has 1 aliphatic rings. The van der Waals surface area contributed by atoms with Crippen LogP contribution in [0, 0.1) is 0 Å². The molecule has 1 aliphatic heterocycles. The molecule has 0 atom stereocenters. The summed E-state index contributed by atoms with van der Waals surface area (Å²) in [5.41, 5.74) is 0. The Hall–Kier alpha value is -0.320. The third kappa shape index (κ3) is 6.18. The molecule has 0 saturated carbocycles. The largest absolute Gasteiger partial charge is 0.356 e. The van der Waals surface area contributed by atoms with Crippen LogP contribution in [0.1, 0.15) is 13.3 Å². The lowest BCUT2D eigenvalue weighted by Crippen LogP contribution is -2.44. The summed E-state index contributed by atoms with van der Waals surface area (Å²) in [7, 11) is 0. The second kappa shape index (κ2) is 8.03. The van der Waals surface area contributed by atoms with Crippen molar-refractivity contribution in [1.29, 1.82) is 0 Å². The molecule has 0 unspecified atom stereocenters. The zero-order chi connectivity index (χ0) is 9.52. The minimum atomic E-state index is 0. The number of hydrogen-bond acceptors (Lipinski definition) is 3. The van der Waals surface area contributed by atoms with E-state index in [0.717, 1.165) is 45.7 Å². The molecule has 1 saturated heterocycles. The first-order chi connectivity index (χ1) is 6.29. The summed E-state index contributed by atoms with van der Waals surface area (Å²) in [6.45, 7) is 7.94. The Morgan fingerprint density at radius 1 is 1.43 bits per heavy atom. The predicted octanol–water partition coefficient (Wildman–Crippen LogP) is -0.160. The summed E-state index contributed by atoms with van der Waals surface area (Å²) in [6, 6.07) is 0. The van der Waals surface area contributed by atoms with Gasteiger partial charge in [0.05, 0.1) is 0 Å². The number of piperazine rings is 1. The third-order valence-corrected chi connectivity index (χ3v) is 2.23. The predicted molar refractivity (Wildman–Crippen MR) is 59.9 cm³/mol. The number of carbonyl (C=O) groups is 1. The van der Waals surface area contributed by atoms with Crippen molar-refractivity contribution in [3.05, 3.63) is 0 Å². The lowest BCUT2D eigenvalue weighted by atomic mass is 10.3. The molecule has 0 spiro atoms. The number of nitrogens with one attached hydrogen (secondary N) is 2. The van der Waals surface area contributed by atoms with Crippen LogP contribution in [-0.2, 0) is 4.79 Å². The van der Waals surface area contributed by atoms with Crippen molar-refractivity contribution in [3.63, 3.8) is 0 Å². The molecule has 5 heteroatoms. The molecular weight excluding hydrogens is 202 g/mol. The van der Waals surface area contributed by atoms with E-state index in [9.17, 15) is 4.79 Å². The molecule has 0 aromatic rings.